The second-order valence-corrected chi connectivity index (χ2v) is 11.9. The van der Waals surface area contributed by atoms with E-state index in [1.165, 1.54) is 15.9 Å². The van der Waals surface area contributed by atoms with Crippen LogP contribution in [0.15, 0.2) is 103 Å². The molecule has 6 aromatic rings. The number of fused-ring (bicyclic) bond motifs is 1. The molecule has 0 saturated carbocycles. The van der Waals surface area contributed by atoms with Crippen molar-refractivity contribution < 1.29 is 9.47 Å². The van der Waals surface area contributed by atoms with Gasteiger partial charge in [0.05, 0.1) is 16.8 Å². The molecule has 0 saturated heterocycles. The van der Waals surface area contributed by atoms with Gasteiger partial charge in [0.2, 0.25) is 4.96 Å². The molecule has 8 nitrogen and oxygen atoms in total. The van der Waals surface area contributed by atoms with E-state index in [1.54, 1.807) is 12.2 Å². The van der Waals surface area contributed by atoms with Gasteiger partial charge in [0, 0.05) is 17.3 Å². The summed E-state index contributed by atoms with van der Waals surface area (Å²) < 4.78 is 15.2. The largest absolute Gasteiger partial charge is 0.494 e. The van der Waals surface area contributed by atoms with Crippen LogP contribution in [0.4, 0.5) is 0 Å². The minimum Gasteiger partial charge on any atom is -0.494 e. The van der Waals surface area contributed by atoms with Crippen molar-refractivity contribution in [2.24, 2.45) is 5.92 Å². The Morgan fingerprint density at radius 2 is 1.64 bits per heavy atom. The molecule has 0 N–H and O–H groups in total. The van der Waals surface area contributed by atoms with Crippen molar-refractivity contribution in [2.45, 2.75) is 20.3 Å². The summed E-state index contributed by atoms with van der Waals surface area (Å²) in [6.07, 6.45) is 10.2. The van der Waals surface area contributed by atoms with E-state index in [0.29, 0.717) is 34.4 Å². The molecule has 0 aliphatic rings. The Hall–Kier alpha value is -5.28. The fourth-order valence-electron chi connectivity index (χ4n) is 4.61. The average Bonchev–Trinajstić information content (AvgIpc) is 3.74. The highest BCUT2D eigenvalue weighted by Gasteiger charge is 2.14. The molecule has 3 aromatic carbocycles. The predicted octanol–water partition coefficient (Wildman–Crippen LogP) is 6.71. The number of benzene rings is 3. The number of ether oxygens (including phenoxy) is 2. The molecule has 3 heterocycles. The normalized spacial score (nSPS) is 12.0. The minimum absolute atomic E-state index is 0.224. The molecule has 0 atom stereocenters. The zero-order chi connectivity index (χ0) is 31.2. The van der Waals surface area contributed by atoms with E-state index in [-0.39, 0.29) is 5.56 Å². The van der Waals surface area contributed by atoms with E-state index in [0.717, 1.165) is 46.0 Å². The molecule has 0 radical (unpaired) electrons. The average molecular weight is 616 g/mol. The summed E-state index contributed by atoms with van der Waals surface area (Å²) in [5.74, 6) is 2.64. The molecule has 0 amide bonds. The SMILES string of the molecule is C=CCOc1ccc(/C=C/c2nc3s/c(=C\c4cn(-c5ccccc5)nc4-c4ccc(OCCC(C)C)cc4)c(=O)n3n2)cc1. The van der Waals surface area contributed by atoms with Gasteiger partial charge in [-0.2, -0.15) is 14.6 Å². The lowest BCUT2D eigenvalue weighted by Gasteiger charge is -2.08. The molecular weight excluding hydrogens is 582 g/mol. The molecule has 0 unspecified atom stereocenters. The number of hydrogen-bond acceptors (Lipinski definition) is 7. The summed E-state index contributed by atoms with van der Waals surface area (Å²) in [5, 5.41) is 9.36. The summed E-state index contributed by atoms with van der Waals surface area (Å²) in [6.45, 7) is 9.16. The number of thiazole rings is 1. The van der Waals surface area contributed by atoms with Crippen LogP contribution in [0.5, 0.6) is 11.5 Å². The number of para-hydroxylation sites is 1. The Kier molecular flexibility index (Phi) is 8.98. The van der Waals surface area contributed by atoms with Gasteiger partial charge in [0.1, 0.15) is 23.8 Å². The molecule has 0 aliphatic heterocycles. The summed E-state index contributed by atoms with van der Waals surface area (Å²) in [5.41, 5.74) is 4.16. The van der Waals surface area contributed by atoms with Gasteiger partial charge in [0.15, 0.2) is 5.82 Å². The van der Waals surface area contributed by atoms with E-state index in [9.17, 15) is 4.79 Å². The van der Waals surface area contributed by atoms with Crippen LogP contribution in [0.2, 0.25) is 0 Å². The highest BCUT2D eigenvalue weighted by Crippen LogP contribution is 2.27. The van der Waals surface area contributed by atoms with Crippen LogP contribution in [0, 0.1) is 5.92 Å². The fourth-order valence-corrected chi connectivity index (χ4v) is 5.52. The lowest BCUT2D eigenvalue weighted by atomic mass is 10.1. The zero-order valence-corrected chi connectivity index (χ0v) is 26.0. The summed E-state index contributed by atoms with van der Waals surface area (Å²) >= 11 is 1.30. The first-order chi connectivity index (χ1) is 22.0. The third-order valence-electron chi connectivity index (χ3n) is 7.01. The number of rotatable bonds is 12. The summed E-state index contributed by atoms with van der Waals surface area (Å²) in [6, 6.07) is 25.5. The molecule has 226 valence electrons. The fraction of sp³-hybridized carbons (Fsp3) is 0.167. The van der Waals surface area contributed by atoms with Crippen LogP contribution in [-0.4, -0.2) is 37.6 Å². The van der Waals surface area contributed by atoms with Gasteiger partial charge < -0.3 is 9.47 Å². The van der Waals surface area contributed by atoms with Crippen molar-refractivity contribution >= 4 is 34.5 Å². The topological polar surface area (TPSA) is 83.5 Å². The van der Waals surface area contributed by atoms with Crippen LogP contribution in [0.25, 0.3) is 40.1 Å². The number of aromatic nitrogens is 5. The lowest BCUT2D eigenvalue weighted by molar-refractivity contribution is 0.289. The first-order valence-corrected chi connectivity index (χ1v) is 15.6. The third kappa shape index (κ3) is 7.11. The first-order valence-electron chi connectivity index (χ1n) is 14.8. The highest BCUT2D eigenvalue weighted by atomic mass is 32.1. The highest BCUT2D eigenvalue weighted by molar-refractivity contribution is 7.15. The molecule has 45 heavy (non-hydrogen) atoms. The summed E-state index contributed by atoms with van der Waals surface area (Å²) in [4.78, 5) is 18.5. The third-order valence-corrected chi connectivity index (χ3v) is 7.97. The van der Waals surface area contributed by atoms with E-state index in [4.69, 9.17) is 14.6 Å². The Morgan fingerprint density at radius 1 is 0.911 bits per heavy atom. The van der Waals surface area contributed by atoms with Crippen LogP contribution >= 0.6 is 11.3 Å². The van der Waals surface area contributed by atoms with Gasteiger partial charge >= 0.3 is 0 Å². The van der Waals surface area contributed by atoms with Crippen molar-refractivity contribution in [3.05, 3.63) is 130 Å². The lowest BCUT2D eigenvalue weighted by Crippen LogP contribution is -2.23. The molecular formula is C36H33N5O3S. The van der Waals surface area contributed by atoms with E-state index < -0.39 is 0 Å². The van der Waals surface area contributed by atoms with Crippen LogP contribution < -0.4 is 19.6 Å². The molecule has 0 aliphatic carbocycles. The van der Waals surface area contributed by atoms with Crippen LogP contribution in [0.3, 0.4) is 0 Å². The Bertz CT molecular complexity index is 2040. The standard InChI is InChI=1S/C36H33N5O3S/c1-4-21-43-30-15-10-26(11-16-30)12-19-33-37-36-41(38-33)35(42)32(45-36)23-28-24-40(29-8-6-5-7-9-29)39-34(28)27-13-17-31(18-14-27)44-22-20-25(2)3/h4-19,23-25H,1,20-22H2,2-3H3/b19-12+,32-23-. The minimum atomic E-state index is -0.224. The quantitative estimate of drug-likeness (QED) is 0.142. The van der Waals surface area contributed by atoms with Crippen molar-refractivity contribution in [3.63, 3.8) is 0 Å². The molecule has 0 fully saturated rings. The van der Waals surface area contributed by atoms with Crippen molar-refractivity contribution in [3.8, 4) is 28.4 Å². The van der Waals surface area contributed by atoms with E-state index in [1.807, 2.05) is 102 Å². The van der Waals surface area contributed by atoms with Crippen LogP contribution in [0.1, 0.15) is 37.2 Å². The second-order valence-electron chi connectivity index (χ2n) is 10.9. The van der Waals surface area contributed by atoms with Crippen molar-refractivity contribution in [2.75, 3.05) is 13.2 Å². The maximum atomic E-state index is 13.4. The predicted molar refractivity (Wildman–Crippen MR) is 181 cm³/mol. The van der Waals surface area contributed by atoms with E-state index >= 15 is 0 Å². The second kappa shape index (κ2) is 13.6. The first kappa shape index (κ1) is 29.8. The smallest absolute Gasteiger partial charge is 0.291 e. The van der Waals surface area contributed by atoms with E-state index in [2.05, 4.69) is 30.5 Å². The Morgan fingerprint density at radius 3 is 2.36 bits per heavy atom. The van der Waals surface area contributed by atoms with Crippen LogP contribution in [-0.2, 0) is 0 Å². The van der Waals surface area contributed by atoms with Gasteiger partial charge in [-0.1, -0.05) is 74.2 Å². The molecule has 3 aromatic heterocycles. The Balaban J connectivity index is 1.29. The van der Waals surface area contributed by atoms with Gasteiger partial charge in [-0.25, -0.2) is 4.68 Å². The number of hydrogen-bond donors (Lipinski definition) is 0. The van der Waals surface area contributed by atoms with Gasteiger partial charge in [0.25, 0.3) is 5.56 Å². The zero-order valence-electron chi connectivity index (χ0n) is 25.2. The maximum Gasteiger partial charge on any atom is 0.291 e. The molecule has 0 spiro atoms. The van der Waals surface area contributed by atoms with Gasteiger partial charge in [-0.15, -0.1) is 5.10 Å². The van der Waals surface area contributed by atoms with Crippen molar-refractivity contribution in [1.29, 1.82) is 0 Å². The molecule has 0 bridgehead atoms. The molecule has 6 rings (SSSR count). The van der Waals surface area contributed by atoms with Crippen molar-refractivity contribution in [1.82, 2.24) is 24.4 Å². The number of nitrogens with zero attached hydrogens (tertiary/aromatic N) is 5. The van der Waals surface area contributed by atoms with Gasteiger partial charge in [-0.3, -0.25) is 4.79 Å². The molecule has 9 heteroatoms. The van der Waals surface area contributed by atoms with Gasteiger partial charge in [-0.05, 0) is 78.6 Å². The summed E-state index contributed by atoms with van der Waals surface area (Å²) in [7, 11) is 0. The maximum absolute atomic E-state index is 13.4. The monoisotopic (exact) mass is 615 g/mol. The Labute approximate surface area is 265 Å².